The lowest BCUT2D eigenvalue weighted by Gasteiger charge is -2.33. The molecule has 0 atom stereocenters. The number of carbonyl (C=O) groups is 4. The van der Waals surface area contributed by atoms with E-state index < -0.39 is 12.5 Å². The summed E-state index contributed by atoms with van der Waals surface area (Å²) in [4.78, 5) is 60.2. The second kappa shape index (κ2) is 15.6. The number of benzene rings is 2. The number of alkyl halides is 2. The van der Waals surface area contributed by atoms with Crippen molar-refractivity contribution in [1.82, 2.24) is 39.3 Å². The Morgan fingerprint density at radius 2 is 1.77 bits per heavy atom. The molecular formula is C44H45F2N11O5. The molecule has 0 radical (unpaired) electrons. The van der Waals surface area contributed by atoms with Gasteiger partial charge < -0.3 is 24.4 Å². The lowest BCUT2D eigenvalue weighted by molar-refractivity contribution is -0.129. The summed E-state index contributed by atoms with van der Waals surface area (Å²) < 4.78 is 41.9. The van der Waals surface area contributed by atoms with Gasteiger partial charge in [0.2, 0.25) is 17.7 Å². The van der Waals surface area contributed by atoms with Crippen LogP contribution in [0.25, 0.3) is 32.9 Å². The first-order valence-electron chi connectivity index (χ1n) is 21.0. The Labute approximate surface area is 354 Å². The lowest BCUT2D eigenvalue weighted by atomic mass is 9.91. The SMILES string of the molecule is CC(=O)N1CCc2c(c(N3CCCc4cc(-c5cn(CC(=O)Nc6ccc7c(N8CCC(=O)NC8=O)nn(C)c7c6)c6ccncc56)c(C(F)F)cc43)nn2C2CCOCC2)C1. The second-order valence-corrected chi connectivity index (χ2v) is 16.4. The average Bonchev–Trinajstić information content (AvgIpc) is 3.94. The number of imide groups is 1. The second-order valence-electron chi connectivity index (χ2n) is 16.4. The van der Waals surface area contributed by atoms with Crippen molar-refractivity contribution >= 4 is 68.6 Å². The number of nitrogens with one attached hydrogen (secondary N) is 2. The van der Waals surface area contributed by atoms with Gasteiger partial charge >= 0.3 is 6.03 Å². The van der Waals surface area contributed by atoms with E-state index in [1.54, 1.807) is 72.1 Å². The summed E-state index contributed by atoms with van der Waals surface area (Å²) in [5.74, 6) is 0.427. The minimum absolute atomic E-state index is 0.0120. The number of anilines is 4. The van der Waals surface area contributed by atoms with Crippen molar-refractivity contribution in [2.45, 2.75) is 71.0 Å². The van der Waals surface area contributed by atoms with E-state index in [0.29, 0.717) is 102 Å². The van der Waals surface area contributed by atoms with Gasteiger partial charge in [-0.05, 0) is 73.2 Å². The number of rotatable bonds is 8. The van der Waals surface area contributed by atoms with E-state index in [2.05, 4.69) is 30.3 Å². The van der Waals surface area contributed by atoms with Crippen molar-refractivity contribution in [3.63, 3.8) is 0 Å². The Bertz CT molecular complexity index is 2810. The number of ether oxygens (including phenoxy) is 1. The molecule has 2 saturated heterocycles. The van der Waals surface area contributed by atoms with Crippen LogP contribution in [-0.2, 0) is 52.1 Å². The molecule has 0 aliphatic carbocycles. The first-order valence-corrected chi connectivity index (χ1v) is 21.0. The molecule has 320 valence electrons. The predicted octanol–water partition coefficient (Wildman–Crippen LogP) is 6.15. The van der Waals surface area contributed by atoms with Gasteiger partial charge in [0.05, 0.1) is 23.6 Å². The molecule has 2 N–H and O–H groups in total. The van der Waals surface area contributed by atoms with Gasteiger partial charge in [0, 0.05) is 123 Å². The summed E-state index contributed by atoms with van der Waals surface area (Å²) in [7, 11) is 1.73. The molecule has 5 amide bonds. The van der Waals surface area contributed by atoms with Crippen molar-refractivity contribution in [2.75, 3.05) is 48.0 Å². The Hall–Kier alpha value is -6.69. The number of aryl methyl sites for hydroxylation is 2. The Balaban J connectivity index is 0.964. The summed E-state index contributed by atoms with van der Waals surface area (Å²) in [6, 6.07) is 10.1. The molecule has 2 fully saturated rings. The topological polar surface area (TPSA) is 165 Å². The maximum atomic E-state index is 15.4. The van der Waals surface area contributed by atoms with E-state index in [9.17, 15) is 19.2 Å². The van der Waals surface area contributed by atoms with Gasteiger partial charge in [-0.15, -0.1) is 0 Å². The molecule has 0 unspecified atom stereocenters. The lowest BCUT2D eigenvalue weighted by Crippen LogP contribution is -2.49. The fourth-order valence-corrected chi connectivity index (χ4v) is 9.55. The standard InChI is InChI=1S/C44H45F2N11O5/c1-25(58)53-14-8-36-34(23-53)43(51-57(36)28-10-16-62-17-11-28)55-13-3-4-26-18-30(31(41(45)46)20-37(26)55)33-22-54(35-7-12-47-21-32(33)35)24-40(60)48-27-5-6-29-38(19-27)52(2)50-42(29)56-15-9-39(59)49-44(56)61/h5-7,12,18-22,28,41H,3-4,8-11,13-17,23-24H2,1-2H3,(H,48,60)(H,49,59,61). The molecule has 10 rings (SSSR count). The highest BCUT2D eigenvalue weighted by atomic mass is 19.3. The van der Waals surface area contributed by atoms with Crippen molar-refractivity contribution in [2.24, 2.45) is 7.05 Å². The number of pyridine rings is 1. The van der Waals surface area contributed by atoms with Crippen LogP contribution in [0, 0.1) is 0 Å². The molecule has 0 bridgehead atoms. The molecule has 4 aromatic heterocycles. The van der Waals surface area contributed by atoms with Crippen LogP contribution in [0.2, 0.25) is 0 Å². The van der Waals surface area contributed by atoms with Crippen molar-refractivity contribution in [3.8, 4) is 11.1 Å². The maximum absolute atomic E-state index is 15.4. The van der Waals surface area contributed by atoms with Crippen LogP contribution >= 0.6 is 0 Å². The predicted molar refractivity (Wildman–Crippen MR) is 226 cm³/mol. The molecule has 18 heteroatoms. The Morgan fingerprint density at radius 1 is 0.935 bits per heavy atom. The quantitative estimate of drug-likeness (QED) is 0.183. The fourth-order valence-electron chi connectivity index (χ4n) is 9.55. The number of hydrogen-bond donors (Lipinski definition) is 2. The summed E-state index contributed by atoms with van der Waals surface area (Å²) in [6.45, 7) is 4.57. The molecule has 4 aliphatic heterocycles. The average molecular weight is 846 g/mol. The van der Waals surface area contributed by atoms with Crippen LogP contribution in [0.15, 0.2) is 55.0 Å². The molecule has 62 heavy (non-hydrogen) atoms. The van der Waals surface area contributed by atoms with Crippen LogP contribution in [0.4, 0.5) is 36.6 Å². The van der Waals surface area contributed by atoms with Gasteiger partial charge in [-0.3, -0.25) is 38.9 Å². The highest BCUT2D eigenvalue weighted by molar-refractivity contribution is 6.09. The van der Waals surface area contributed by atoms with Crippen LogP contribution in [0.3, 0.4) is 0 Å². The van der Waals surface area contributed by atoms with E-state index in [1.165, 1.54) is 4.90 Å². The third-order valence-corrected chi connectivity index (χ3v) is 12.6. The Morgan fingerprint density at radius 3 is 2.56 bits per heavy atom. The highest BCUT2D eigenvalue weighted by Crippen LogP contribution is 2.45. The van der Waals surface area contributed by atoms with Crippen LogP contribution in [-0.4, -0.2) is 90.6 Å². The third-order valence-electron chi connectivity index (χ3n) is 12.6. The first-order chi connectivity index (χ1) is 30.0. The van der Waals surface area contributed by atoms with E-state index in [1.807, 2.05) is 11.0 Å². The molecular weight excluding hydrogens is 801 g/mol. The smallest absolute Gasteiger partial charge is 0.329 e. The maximum Gasteiger partial charge on any atom is 0.329 e. The fraction of sp³-hybridized carbons (Fsp3) is 0.386. The summed E-state index contributed by atoms with van der Waals surface area (Å²) in [6.07, 6.45) is 6.13. The molecule has 0 saturated carbocycles. The van der Waals surface area contributed by atoms with E-state index in [-0.39, 0.29) is 48.8 Å². The van der Waals surface area contributed by atoms with E-state index in [0.717, 1.165) is 36.1 Å². The number of urea groups is 1. The number of halogens is 2. The van der Waals surface area contributed by atoms with Gasteiger partial charge in [0.1, 0.15) is 6.54 Å². The number of fused-ring (bicyclic) bond motifs is 4. The largest absolute Gasteiger partial charge is 0.381 e. The molecule has 6 aromatic rings. The molecule has 4 aliphatic rings. The van der Waals surface area contributed by atoms with Crippen molar-refractivity contribution in [3.05, 3.63) is 77.4 Å². The normalized spacial score (nSPS) is 17.2. The highest BCUT2D eigenvalue weighted by Gasteiger charge is 2.35. The van der Waals surface area contributed by atoms with Gasteiger partial charge in [-0.25, -0.2) is 13.6 Å². The number of hydrogen-bond acceptors (Lipinski definition) is 9. The number of carbonyl (C=O) groups excluding carboxylic acids is 4. The molecule has 2 aromatic carbocycles. The van der Waals surface area contributed by atoms with Crippen LogP contribution < -0.4 is 20.4 Å². The first kappa shape index (κ1) is 39.4. The minimum atomic E-state index is -2.81. The number of aromatic nitrogens is 6. The van der Waals surface area contributed by atoms with Crippen molar-refractivity contribution < 1.29 is 32.7 Å². The van der Waals surface area contributed by atoms with E-state index >= 15 is 8.78 Å². The van der Waals surface area contributed by atoms with Gasteiger partial charge in [-0.2, -0.15) is 10.2 Å². The van der Waals surface area contributed by atoms with Gasteiger partial charge in [0.15, 0.2) is 11.6 Å². The zero-order chi connectivity index (χ0) is 42.8. The summed E-state index contributed by atoms with van der Waals surface area (Å²) >= 11 is 0. The molecule has 0 spiro atoms. The third kappa shape index (κ3) is 6.91. The summed E-state index contributed by atoms with van der Waals surface area (Å²) in [5, 5.41) is 16.3. The Kier molecular flexibility index (Phi) is 9.96. The van der Waals surface area contributed by atoms with Gasteiger partial charge in [-0.1, -0.05) is 0 Å². The van der Waals surface area contributed by atoms with Gasteiger partial charge in [0.25, 0.3) is 6.43 Å². The molecule has 16 nitrogen and oxygen atoms in total. The van der Waals surface area contributed by atoms with Crippen LogP contribution in [0.1, 0.15) is 67.5 Å². The van der Waals surface area contributed by atoms with E-state index in [4.69, 9.17) is 9.84 Å². The molecule has 8 heterocycles. The number of nitrogens with zero attached hydrogens (tertiary/aromatic N) is 9. The van der Waals surface area contributed by atoms with Crippen molar-refractivity contribution in [1.29, 1.82) is 0 Å². The minimum Gasteiger partial charge on any atom is -0.381 e. The summed E-state index contributed by atoms with van der Waals surface area (Å²) in [5.41, 5.74) is 6.27. The zero-order valence-electron chi connectivity index (χ0n) is 34.4. The number of amides is 5. The van der Waals surface area contributed by atoms with Crippen LogP contribution in [0.5, 0.6) is 0 Å². The monoisotopic (exact) mass is 845 g/mol. The zero-order valence-corrected chi connectivity index (χ0v) is 34.4.